The minimum absolute atomic E-state index is 0.0431. The van der Waals surface area contributed by atoms with E-state index in [1.165, 1.54) is 6.07 Å². The lowest BCUT2D eigenvalue weighted by Gasteiger charge is -2.06. The summed E-state index contributed by atoms with van der Waals surface area (Å²) < 4.78 is 37.9. The standard InChI is InChI=1S/C10H10F3N3/c11-10(12,13)7-3-1-2-6-8(4-5-14)15-16-9(6)7/h1-3H,4-5,14H2,(H,15,16). The van der Waals surface area contributed by atoms with Gasteiger partial charge in [-0.2, -0.15) is 18.3 Å². The van der Waals surface area contributed by atoms with Crippen molar-refractivity contribution in [1.29, 1.82) is 0 Å². The third-order valence-corrected chi connectivity index (χ3v) is 2.36. The first-order valence-electron chi connectivity index (χ1n) is 4.77. The highest BCUT2D eigenvalue weighted by atomic mass is 19.4. The first-order valence-corrected chi connectivity index (χ1v) is 4.77. The maximum atomic E-state index is 12.6. The Labute approximate surface area is 89.4 Å². The smallest absolute Gasteiger partial charge is 0.330 e. The van der Waals surface area contributed by atoms with Crippen LogP contribution in [-0.2, 0) is 12.6 Å². The number of benzene rings is 1. The van der Waals surface area contributed by atoms with Gasteiger partial charge in [-0.1, -0.05) is 12.1 Å². The molecule has 3 N–H and O–H groups in total. The lowest BCUT2D eigenvalue weighted by atomic mass is 10.1. The van der Waals surface area contributed by atoms with Crippen molar-refractivity contribution in [1.82, 2.24) is 10.2 Å². The van der Waals surface area contributed by atoms with Gasteiger partial charge in [0.15, 0.2) is 0 Å². The van der Waals surface area contributed by atoms with E-state index in [-0.39, 0.29) is 5.52 Å². The molecule has 3 nitrogen and oxygen atoms in total. The molecular formula is C10H10F3N3. The molecule has 0 aliphatic heterocycles. The van der Waals surface area contributed by atoms with E-state index >= 15 is 0 Å². The van der Waals surface area contributed by atoms with Gasteiger partial charge in [-0.25, -0.2) is 0 Å². The van der Waals surface area contributed by atoms with Crippen LogP contribution in [0, 0.1) is 0 Å². The Morgan fingerprint density at radius 3 is 2.69 bits per heavy atom. The van der Waals surface area contributed by atoms with E-state index in [2.05, 4.69) is 10.2 Å². The number of rotatable bonds is 2. The number of fused-ring (bicyclic) bond motifs is 1. The fourth-order valence-electron chi connectivity index (χ4n) is 1.65. The van der Waals surface area contributed by atoms with Crippen molar-refractivity contribution >= 4 is 10.9 Å². The fourth-order valence-corrected chi connectivity index (χ4v) is 1.65. The van der Waals surface area contributed by atoms with Crippen LogP contribution in [0.15, 0.2) is 18.2 Å². The van der Waals surface area contributed by atoms with Crippen molar-refractivity contribution in [2.24, 2.45) is 5.73 Å². The van der Waals surface area contributed by atoms with Crippen molar-refractivity contribution in [3.8, 4) is 0 Å². The molecule has 6 heteroatoms. The predicted octanol–water partition coefficient (Wildman–Crippen LogP) is 2.08. The summed E-state index contributed by atoms with van der Waals surface area (Å²) in [6, 6.07) is 4.01. The van der Waals surface area contributed by atoms with Crippen LogP contribution < -0.4 is 5.73 Å². The zero-order valence-electron chi connectivity index (χ0n) is 8.30. The number of aromatic amines is 1. The van der Waals surface area contributed by atoms with Gasteiger partial charge in [0.1, 0.15) is 5.52 Å². The molecule has 2 aromatic rings. The Balaban J connectivity index is 2.62. The SMILES string of the molecule is NCCc1[nH]nc2c(C(F)(F)F)cccc12. The average molecular weight is 229 g/mol. The van der Waals surface area contributed by atoms with Crippen LogP contribution in [0.4, 0.5) is 13.2 Å². The van der Waals surface area contributed by atoms with E-state index in [1.807, 2.05) is 0 Å². The summed E-state index contributed by atoms with van der Waals surface area (Å²) in [5.74, 6) is 0. The molecular weight excluding hydrogens is 219 g/mol. The van der Waals surface area contributed by atoms with Gasteiger partial charge in [0.2, 0.25) is 0 Å². The highest BCUT2D eigenvalue weighted by Gasteiger charge is 2.33. The molecule has 86 valence electrons. The lowest BCUT2D eigenvalue weighted by molar-refractivity contribution is -0.136. The second kappa shape index (κ2) is 3.79. The normalized spacial score (nSPS) is 12.2. The van der Waals surface area contributed by atoms with Crippen LogP contribution in [0.1, 0.15) is 11.3 Å². The van der Waals surface area contributed by atoms with Crippen LogP contribution in [0.25, 0.3) is 10.9 Å². The summed E-state index contributed by atoms with van der Waals surface area (Å²) >= 11 is 0. The van der Waals surface area contributed by atoms with E-state index in [1.54, 1.807) is 6.07 Å². The van der Waals surface area contributed by atoms with Gasteiger partial charge < -0.3 is 5.73 Å². The Morgan fingerprint density at radius 1 is 1.31 bits per heavy atom. The van der Waals surface area contributed by atoms with Crippen molar-refractivity contribution in [3.63, 3.8) is 0 Å². The largest absolute Gasteiger partial charge is 0.418 e. The molecule has 0 amide bonds. The Morgan fingerprint density at radius 2 is 2.06 bits per heavy atom. The minimum Gasteiger partial charge on any atom is -0.330 e. The molecule has 0 fully saturated rings. The van der Waals surface area contributed by atoms with Crippen molar-refractivity contribution in [2.75, 3.05) is 6.54 Å². The number of alkyl halides is 3. The molecule has 16 heavy (non-hydrogen) atoms. The molecule has 0 bridgehead atoms. The summed E-state index contributed by atoms with van der Waals surface area (Å²) in [4.78, 5) is 0. The highest BCUT2D eigenvalue weighted by molar-refractivity contribution is 5.84. The molecule has 2 rings (SSSR count). The molecule has 1 aromatic carbocycles. The van der Waals surface area contributed by atoms with Crippen LogP contribution in [0.2, 0.25) is 0 Å². The third kappa shape index (κ3) is 1.76. The zero-order chi connectivity index (χ0) is 11.8. The van der Waals surface area contributed by atoms with Crippen molar-refractivity contribution < 1.29 is 13.2 Å². The first-order chi connectivity index (χ1) is 7.54. The molecule has 0 radical (unpaired) electrons. The maximum absolute atomic E-state index is 12.6. The molecule has 0 aliphatic rings. The summed E-state index contributed by atoms with van der Waals surface area (Å²) in [6.45, 7) is 0.369. The number of hydrogen-bond donors (Lipinski definition) is 2. The number of hydrogen-bond acceptors (Lipinski definition) is 2. The van der Waals surface area contributed by atoms with Crippen LogP contribution in [-0.4, -0.2) is 16.7 Å². The van der Waals surface area contributed by atoms with E-state index in [9.17, 15) is 13.2 Å². The van der Waals surface area contributed by atoms with Gasteiger partial charge in [-0.05, 0) is 12.6 Å². The summed E-state index contributed by atoms with van der Waals surface area (Å²) in [7, 11) is 0. The van der Waals surface area contributed by atoms with Crippen LogP contribution in [0.3, 0.4) is 0 Å². The molecule has 0 atom stereocenters. The topological polar surface area (TPSA) is 54.7 Å². The second-order valence-corrected chi connectivity index (χ2v) is 3.44. The van der Waals surface area contributed by atoms with Gasteiger partial charge in [0.05, 0.1) is 5.56 Å². The molecule has 0 saturated carbocycles. The number of aromatic nitrogens is 2. The van der Waals surface area contributed by atoms with Crippen LogP contribution in [0.5, 0.6) is 0 Å². The Kier molecular flexibility index (Phi) is 2.59. The quantitative estimate of drug-likeness (QED) is 0.828. The summed E-state index contributed by atoms with van der Waals surface area (Å²) in [5, 5.41) is 6.79. The predicted molar refractivity (Wildman–Crippen MR) is 53.9 cm³/mol. The number of halogens is 3. The van der Waals surface area contributed by atoms with Crippen LogP contribution >= 0.6 is 0 Å². The van der Waals surface area contributed by atoms with Gasteiger partial charge in [0.25, 0.3) is 0 Å². The molecule has 0 saturated heterocycles. The van der Waals surface area contributed by atoms with E-state index in [0.29, 0.717) is 24.0 Å². The third-order valence-electron chi connectivity index (χ3n) is 2.36. The monoisotopic (exact) mass is 229 g/mol. The second-order valence-electron chi connectivity index (χ2n) is 3.44. The number of nitrogens with zero attached hydrogens (tertiary/aromatic N) is 1. The Bertz CT molecular complexity index is 501. The maximum Gasteiger partial charge on any atom is 0.418 e. The van der Waals surface area contributed by atoms with Gasteiger partial charge in [0, 0.05) is 17.5 Å². The van der Waals surface area contributed by atoms with E-state index in [4.69, 9.17) is 5.73 Å². The molecule has 1 heterocycles. The molecule has 0 spiro atoms. The van der Waals surface area contributed by atoms with E-state index in [0.717, 1.165) is 6.07 Å². The zero-order valence-corrected chi connectivity index (χ0v) is 8.30. The highest BCUT2D eigenvalue weighted by Crippen LogP contribution is 2.34. The molecule has 0 aliphatic carbocycles. The van der Waals surface area contributed by atoms with Gasteiger partial charge >= 0.3 is 6.18 Å². The summed E-state index contributed by atoms with van der Waals surface area (Å²) in [5.41, 5.74) is 5.25. The number of H-pyrrole nitrogens is 1. The number of nitrogens with two attached hydrogens (primary N) is 1. The first kappa shape index (κ1) is 10.9. The number of para-hydroxylation sites is 1. The Hall–Kier alpha value is -1.56. The fraction of sp³-hybridized carbons (Fsp3) is 0.300. The lowest BCUT2D eigenvalue weighted by Crippen LogP contribution is -2.05. The van der Waals surface area contributed by atoms with Gasteiger partial charge in [-0.15, -0.1) is 0 Å². The average Bonchev–Trinajstić information content (AvgIpc) is 2.61. The number of nitrogens with one attached hydrogen (secondary N) is 1. The summed E-state index contributed by atoms with van der Waals surface area (Å²) in [6.07, 6.45) is -3.90. The van der Waals surface area contributed by atoms with E-state index < -0.39 is 11.7 Å². The van der Waals surface area contributed by atoms with Crippen molar-refractivity contribution in [3.05, 3.63) is 29.5 Å². The van der Waals surface area contributed by atoms with Crippen molar-refractivity contribution in [2.45, 2.75) is 12.6 Å². The van der Waals surface area contributed by atoms with Gasteiger partial charge in [-0.3, -0.25) is 5.10 Å². The molecule has 1 aromatic heterocycles. The minimum atomic E-state index is -4.38. The molecule has 0 unspecified atom stereocenters.